The van der Waals surface area contributed by atoms with Gasteiger partial charge in [-0.1, -0.05) is 39.0 Å². The maximum Gasteiger partial charge on any atom is 0.288 e. The standard InChI is InChI=1S/C11H14N2/c1-11(2,3)10-7-5-4-6-9(10)8-13-12/h4-8H,1-3H3. The third-order valence-electron chi connectivity index (χ3n) is 1.97. The van der Waals surface area contributed by atoms with Crippen molar-refractivity contribution in [1.82, 2.24) is 0 Å². The van der Waals surface area contributed by atoms with Crippen LogP contribution in [0.1, 0.15) is 31.9 Å². The molecule has 0 radical (unpaired) electrons. The highest BCUT2D eigenvalue weighted by Crippen LogP contribution is 2.24. The van der Waals surface area contributed by atoms with Crippen molar-refractivity contribution in [2.75, 3.05) is 0 Å². The molecule has 0 aliphatic carbocycles. The molecule has 1 rings (SSSR count). The monoisotopic (exact) mass is 174 g/mol. The third-order valence-corrected chi connectivity index (χ3v) is 1.97. The molecule has 0 saturated heterocycles. The van der Waals surface area contributed by atoms with Crippen molar-refractivity contribution < 1.29 is 4.79 Å². The molecule has 0 bridgehead atoms. The lowest BCUT2D eigenvalue weighted by atomic mass is 9.84. The molecule has 0 aromatic heterocycles. The van der Waals surface area contributed by atoms with Gasteiger partial charge in [0, 0.05) is 0 Å². The van der Waals surface area contributed by atoms with Crippen LogP contribution in [0.5, 0.6) is 0 Å². The molecule has 0 unspecified atom stereocenters. The second-order valence-electron chi connectivity index (χ2n) is 4.08. The SMILES string of the molecule is CC(C)(C)c1ccccc1C=[N+]=[N-]. The average molecular weight is 174 g/mol. The normalized spacial score (nSPS) is 10.7. The van der Waals surface area contributed by atoms with Gasteiger partial charge in [-0.3, -0.25) is 0 Å². The highest BCUT2D eigenvalue weighted by Gasteiger charge is 2.17. The Morgan fingerprint density at radius 2 is 1.85 bits per heavy atom. The smallest absolute Gasteiger partial charge is 0.288 e. The van der Waals surface area contributed by atoms with Gasteiger partial charge in [-0.15, -0.1) is 0 Å². The highest BCUT2D eigenvalue weighted by atomic mass is 14.8. The van der Waals surface area contributed by atoms with Gasteiger partial charge in [0.2, 0.25) is 0 Å². The Labute approximate surface area is 78.8 Å². The highest BCUT2D eigenvalue weighted by molar-refractivity contribution is 5.78. The predicted octanol–water partition coefficient (Wildman–Crippen LogP) is 2.63. The fourth-order valence-electron chi connectivity index (χ4n) is 1.35. The summed E-state index contributed by atoms with van der Waals surface area (Å²) in [5, 5.41) is 0. The van der Waals surface area contributed by atoms with Crippen molar-refractivity contribution in [3.05, 3.63) is 40.9 Å². The molecular formula is C11H14N2. The van der Waals surface area contributed by atoms with Gasteiger partial charge < -0.3 is 5.53 Å². The summed E-state index contributed by atoms with van der Waals surface area (Å²) in [4.78, 5) is 3.06. The van der Waals surface area contributed by atoms with Crippen molar-refractivity contribution >= 4 is 6.21 Å². The van der Waals surface area contributed by atoms with E-state index in [-0.39, 0.29) is 5.41 Å². The average Bonchev–Trinajstić information content (AvgIpc) is 2.04. The Kier molecular flexibility index (Phi) is 2.64. The van der Waals surface area contributed by atoms with Gasteiger partial charge in [-0.05, 0) is 17.0 Å². The van der Waals surface area contributed by atoms with E-state index in [9.17, 15) is 0 Å². The van der Waals surface area contributed by atoms with Crippen LogP contribution in [-0.2, 0) is 5.41 Å². The van der Waals surface area contributed by atoms with Gasteiger partial charge in [0.1, 0.15) is 0 Å². The first-order chi connectivity index (χ1) is 6.05. The van der Waals surface area contributed by atoms with Crippen LogP contribution < -0.4 is 0 Å². The summed E-state index contributed by atoms with van der Waals surface area (Å²) in [7, 11) is 0. The summed E-state index contributed by atoms with van der Waals surface area (Å²) >= 11 is 0. The molecule has 0 fully saturated rings. The second kappa shape index (κ2) is 3.55. The Morgan fingerprint density at radius 1 is 1.23 bits per heavy atom. The third kappa shape index (κ3) is 2.27. The molecular weight excluding hydrogens is 160 g/mol. The summed E-state index contributed by atoms with van der Waals surface area (Å²) in [6, 6.07) is 7.93. The zero-order chi connectivity index (χ0) is 9.90. The lowest BCUT2D eigenvalue weighted by Crippen LogP contribution is -2.13. The summed E-state index contributed by atoms with van der Waals surface area (Å²) in [6.07, 6.45) is 1.47. The molecule has 13 heavy (non-hydrogen) atoms. The molecule has 2 nitrogen and oxygen atoms in total. The summed E-state index contributed by atoms with van der Waals surface area (Å²) in [6.45, 7) is 6.41. The van der Waals surface area contributed by atoms with Crippen LogP contribution in [0.2, 0.25) is 0 Å². The van der Waals surface area contributed by atoms with Gasteiger partial charge in [-0.25, -0.2) is 0 Å². The van der Waals surface area contributed by atoms with Crippen molar-refractivity contribution in [3.8, 4) is 0 Å². The fourth-order valence-corrected chi connectivity index (χ4v) is 1.35. The first-order valence-electron chi connectivity index (χ1n) is 4.32. The van der Waals surface area contributed by atoms with E-state index in [1.165, 1.54) is 11.8 Å². The van der Waals surface area contributed by atoms with E-state index in [1.807, 2.05) is 18.2 Å². The summed E-state index contributed by atoms with van der Waals surface area (Å²) < 4.78 is 0. The molecule has 68 valence electrons. The van der Waals surface area contributed by atoms with E-state index in [0.29, 0.717) is 0 Å². The largest absolute Gasteiger partial charge is 0.361 e. The van der Waals surface area contributed by atoms with E-state index < -0.39 is 0 Å². The van der Waals surface area contributed by atoms with Gasteiger partial charge in [-0.2, -0.15) is 4.79 Å². The van der Waals surface area contributed by atoms with Crippen LogP contribution in [0.4, 0.5) is 0 Å². The van der Waals surface area contributed by atoms with Gasteiger partial charge in [0.05, 0.1) is 5.56 Å². The van der Waals surface area contributed by atoms with E-state index in [0.717, 1.165) is 5.56 Å². The minimum absolute atomic E-state index is 0.0811. The quantitative estimate of drug-likeness (QED) is 0.356. The van der Waals surface area contributed by atoms with Crippen LogP contribution in [0.25, 0.3) is 5.53 Å². The topological polar surface area (TPSA) is 36.4 Å². The number of nitrogens with zero attached hydrogens (tertiary/aromatic N) is 2. The second-order valence-corrected chi connectivity index (χ2v) is 4.08. The van der Waals surface area contributed by atoms with Crippen LogP contribution in [0.3, 0.4) is 0 Å². The van der Waals surface area contributed by atoms with Gasteiger partial charge in [0.15, 0.2) is 0 Å². The number of hydrogen-bond donors (Lipinski definition) is 0. The molecule has 0 heterocycles. The van der Waals surface area contributed by atoms with Crippen LogP contribution in [0.15, 0.2) is 24.3 Å². The van der Waals surface area contributed by atoms with Crippen molar-refractivity contribution in [3.63, 3.8) is 0 Å². The van der Waals surface area contributed by atoms with Gasteiger partial charge >= 0.3 is 0 Å². The van der Waals surface area contributed by atoms with E-state index in [1.54, 1.807) is 0 Å². The summed E-state index contributed by atoms with van der Waals surface area (Å²) in [5.74, 6) is 0. The van der Waals surface area contributed by atoms with E-state index in [4.69, 9.17) is 5.53 Å². The van der Waals surface area contributed by atoms with Crippen molar-refractivity contribution in [2.45, 2.75) is 26.2 Å². The number of hydrogen-bond acceptors (Lipinski definition) is 0. The molecule has 1 aromatic carbocycles. The summed E-state index contributed by atoms with van der Waals surface area (Å²) in [5.41, 5.74) is 10.7. The molecule has 0 saturated carbocycles. The number of rotatable bonds is 1. The fraction of sp³-hybridized carbons (Fsp3) is 0.364. The zero-order valence-electron chi connectivity index (χ0n) is 8.28. The molecule has 0 N–H and O–H groups in total. The molecule has 0 aliphatic heterocycles. The zero-order valence-corrected chi connectivity index (χ0v) is 8.28. The lowest BCUT2D eigenvalue weighted by molar-refractivity contribution is 0.00445. The maximum absolute atomic E-state index is 8.48. The lowest BCUT2D eigenvalue weighted by Gasteiger charge is -2.19. The van der Waals surface area contributed by atoms with Crippen molar-refractivity contribution in [2.24, 2.45) is 0 Å². The van der Waals surface area contributed by atoms with Crippen molar-refractivity contribution in [1.29, 1.82) is 0 Å². The molecule has 2 heteroatoms. The minimum Gasteiger partial charge on any atom is -0.361 e. The Hall–Kier alpha value is -1.40. The molecule has 1 aromatic rings. The van der Waals surface area contributed by atoms with Crippen LogP contribution in [0, 0.1) is 0 Å². The Morgan fingerprint density at radius 3 is 2.38 bits per heavy atom. The van der Waals surface area contributed by atoms with Crippen LogP contribution >= 0.6 is 0 Å². The van der Waals surface area contributed by atoms with E-state index in [2.05, 4.69) is 31.6 Å². The first kappa shape index (κ1) is 9.69. The maximum atomic E-state index is 8.48. The number of benzene rings is 1. The van der Waals surface area contributed by atoms with Crippen LogP contribution in [-0.4, -0.2) is 11.0 Å². The molecule has 0 amide bonds. The molecule has 0 aliphatic rings. The Bertz CT molecular complexity index is 341. The predicted molar refractivity (Wildman–Crippen MR) is 53.9 cm³/mol. The minimum atomic E-state index is 0.0811. The molecule has 0 atom stereocenters. The van der Waals surface area contributed by atoms with Gasteiger partial charge in [0.25, 0.3) is 6.21 Å². The molecule has 0 spiro atoms. The first-order valence-corrected chi connectivity index (χ1v) is 4.32. The Balaban J connectivity index is 3.27. The van der Waals surface area contributed by atoms with E-state index >= 15 is 0 Å².